The van der Waals surface area contributed by atoms with Gasteiger partial charge >= 0.3 is 5.97 Å². The average molecular weight is 357 g/mol. The second-order valence-corrected chi connectivity index (χ2v) is 7.63. The number of carbonyl (C=O) groups excluding carboxylic acids is 1. The van der Waals surface area contributed by atoms with Crippen molar-refractivity contribution in [2.24, 2.45) is 5.92 Å². The van der Waals surface area contributed by atoms with E-state index in [9.17, 15) is 14.7 Å². The summed E-state index contributed by atoms with van der Waals surface area (Å²) in [5.41, 5.74) is 2.04. The normalized spacial score (nSPS) is 21.9. The Labute approximate surface area is 149 Å². The van der Waals surface area contributed by atoms with Gasteiger partial charge in [0.2, 0.25) is 0 Å². The lowest BCUT2D eigenvalue weighted by molar-refractivity contribution is -0.144. The zero-order valence-electron chi connectivity index (χ0n) is 13.9. The van der Waals surface area contributed by atoms with Crippen LogP contribution in [-0.2, 0) is 11.4 Å². The molecule has 1 aromatic heterocycles. The summed E-state index contributed by atoms with van der Waals surface area (Å²) in [5.74, 6) is -0.544. The van der Waals surface area contributed by atoms with Crippen LogP contribution >= 0.6 is 11.3 Å². The second-order valence-electron chi connectivity index (χ2n) is 6.58. The van der Waals surface area contributed by atoms with Gasteiger partial charge in [-0.3, -0.25) is 9.59 Å². The first kappa shape index (κ1) is 16.1. The molecule has 2 atom stereocenters. The van der Waals surface area contributed by atoms with Crippen LogP contribution in [0.15, 0.2) is 30.3 Å². The number of para-hydroxylation sites is 1. The van der Waals surface area contributed by atoms with E-state index in [4.69, 9.17) is 4.74 Å². The molecule has 1 N–H and O–H groups in total. The maximum Gasteiger partial charge on any atom is 0.308 e. The summed E-state index contributed by atoms with van der Waals surface area (Å²) in [5, 5.41) is 9.37. The van der Waals surface area contributed by atoms with Crippen LogP contribution in [0.25, 0.3) is 10.4 Å². The summed E-state index contributed by atoms with van der Waals surface area (Å²) in [6.45, 7) is 2.91. The second kappa shape index (κ2) is 6.19. The number of fused-ring (bicyclic) bond motifs is 3. The number of carbonyl (C=O) groups is 2. The molecule has 2 aliphatic heterocycles. The summed E-state index contributed by atoms with van der Waals surface area (Å²) in [4.78, 5) is 27.9. The zero-order valence-corrected chi connectivity index (χ0v) is 14.7. The molecule has 0 aliphatic carbocycles. The average Bonchev–Trinajstić information content (AvgIpc) is 3.06. The van der Waals surface area contributed by atoms with Gasteiger partial charge in [0, 0.05) is 28.6 Å². The van der Waals surface area contributed by atoms with Gasteiger partial charge in [-0.1, -0.05) is 12.1 Å². The fourth-order valence-corrected chi connectivity index (χ4v) is 4.86. The molecule has 25 heavy (non-hydrogen) atoms. The number of amides is 1. The first-order valence-corrected chi connectivity index (χ1v) is 9.26. The molecule has 2 aliphatic rings. The van der Waals surface area contributed by atoms with Gasteiger partial charge in [-0.05, 0) is 38.0 Å². The van der Waals surface area contributed by atoms with Crippen LogP contribution in [0.4, 0.5) is 0 Å². The van der Waals surface area contributed by atoms with Crippen molar-refractivity contribution in [3.05, 3.63) is 40.8 Å². The lowest BCUT2D eigenvalue weighted by atomic mass is 9.90. The number of nitrogens with zero attached hydrogens (tertiary/aromatic N) is 1. The predicted octanol–water partition coefficient (Wildman–Crippen LogP) is 3.63. The molecule has 3 heterocycles. The van der Waals surface area contributed by atoms with Gasteiger partial charge in [-0.25, -0.2) is 0 Å². The lowest BCUT2D eigenvalue weighted by Crippen LogP contribution is -2.48. The van der Waals surface area contributed by atoms with Gasteiger partial charge in [-0.2, -0.15) is 0 Å². The largest absolute Gasteiger partial charge is 0.488 e. The van der Waals surface area contributed by atoms with E-state index in [2.05, 4.69) is 0 Å². The minimum Gasteiger partial charge on any atom is -0.488 e. The third-order valence-electron chi connectivity index (χ3n) is 5.10. The SMILES string of the molecule is C[C@@H]1[C@H](C(=O)O)CCCN1C(=O)c1cc2c(s1)-c1ccccc1OC2. The molecule has 1 aromatic carbocycles. The summed E-state index contributed by atoms with van der Waals surface area (Å²) in [6.07, 6.45) is 1.35. The van der Waals surface area contributed by atoms with E-state index in [0.29, 0.717) is 24.4 Å². The van der Waals surface area contributed by atoms with Crippen molar-refractivity contribution in [1.29, 1.82) is 0 Å². The third-order valence-corrected chi connectivity index (χ3v) is 6.30. The quantitative estimate of drug-likeness (QED) is 0.891. The van der Waals surface area contributed by atoms with E-state index >= 15 is 0 Å². The number of carboxylic acid groups (broad SMARTS) is 1. The van der Waals surface area contributed by atoms with E-state index < -0.39 is 11.9 Å². The van der Waals surface area contributed by atoms with Crippen molar-refractivity contribution in [2.75, 3.05) is 6.54 Å². The number of thiophene rings is 1. The van der Waals surface area contributed by atoms with E-state index in [1.807, 2.05) is 37.3 Å². The molecular weight excluding hydrogens is 338 g/mol. The number of hydrogen-bond donors (Lipinski definition) is 1. The maximum atomic E-state index is 13.0. The maximum absolute atomic E-state index is 13.0. The summed E-state index contributed by atoms with van der Waals surface area (Å²) in [7, 11) is 0. The summed E-state index contributed by atoms with van der Waals surface area (Å²) in [6, 6.07) is 9.44. The molecule has 0 unspecified atom stereocenters. The monoisotopic (exact) mass is 357 g/mol. The minimum absolute atomic E-state index is 0.0738. The van der Waals surface area contributed by atoms with Crippen LogP contribution in [0.1, 0.15) is 35.0 Å². The van der Waals surface area contributed by atoms with Gasteiger partial charge in [-0.15, -0.1) is 11.3 Å². The Kier molecular flexibility index (Phi) is 4.00. The van der Waals surface area contributed by atoms with Gasteiger partial charge in [0.1, 0.15) is 12.4 Å². The molecule has 0 radical (unpaired) electrons. The molecule has 0 bridgehead atoms. The molecule has 0 saturated carbocycles. The molecule has 1 amide bonds. The van der Waals surface area contributed by atoms with Crippen LogP contribution in [-0.4, -0.2) is 34.5 Å². The standard InChI is InChI=1S/C19H19NO4S/c1-11-13(19(22)23)6-4-8-20(11)18(21)16-9-12-10-24-15-7-3-2-5-14(15)17(12)25-16/h2-3,5,7,9,11,13H,4,6,8,10H2,1H3,(H,22,23)/t11-,13-/m1/s1. The number of aliphatic carboxylic acids is 1. The highest BCUT2D eigenvalue weighted by Crippen LogP contribution is 2.42. The van der Waals surface area contributed by atoms with Crippen molar-refractivity contribution in [1.82, 2.24) is 4.90 Å². The number of benzene rings is 1. The topological polar surface area (TPSA) is 66.8 Å². The number of hydrogen-bond acceptors (Lipinski definition) is 4. The van der Waals surface area contributed by atoms with Crippen LogP contribution < -0.4 is 4.74 Å². The van der Waals surface area contributed by atoms with Crippen molar-refractivity contribution in [2.45, 2.75) is 32.4 Å². The highest BCUT2D eigenvalue weighted by molar-refractivity contribution is 7.17. The smallest absolute Gasteiger partial charge is 0.308 e. The summed E-state index contributed by atoms with van der Waals surface area (Å²) >= 11 is 1.47. The van der Waals surface area contributed by atoms with Crippen LogP contribution in [0.2, 0.25) is 0 Å². The molecule has 2 aromatic rings. The number of likely N-dealkylation sites (tertiary alicyclic amines) is 1. The van der Waals surface area contributed by atoms with E-state index in [0.717, 1.165) is 28.2 Å². The highest BCUT2D eigenvalue weighted by atomic mass is 32.1. The van der Waals surface area contributed by atoms with Crippen LogP contribution in [0.5, 0.6) is 5.75 Å². The highest BCUT2D eigenvalue weighted by Gasteiger charge is 2.36. The molecule has 4 rings (SSSR count). The van der Waals surface area contributed by atoms with Gasteiger partial charge in [0.25, 0.3) is 5.91 Å². The molecule has 1 fully saturated rings. The van der Waals surface area contributed by atoms with Crippen molar-refractivity contribution >= 4 is 23.2 Å². The predicted molar refractivity (Wildman–Crippen MR) is 94.9 cm³/mol. The van der Waals surface area contributed by atoms with E-state index in [1.54, 1.807) is 4.90 Å². The van der Waals surface area contributed by atoms with Gasteiger partial charge < -0.3 is 14.7 Å². The Morgan fingerprint density at radius 3 is 2.92 bits per heavy atom. The number of carboxylic acids is 1. The Morgan fingerprint density at radius 1 is 1.32 bits per heavy atom. The molecule has 0 spiro atoms. The fraction of sp³-hybridized carbons (Fsp3) is 0.368. The minimum atomic E-state index is -0.821. The molecule has 6 heteroatoms. The number of ether oxygens (including phenoxy) is 1. The Morgan fingerprint density at radius 2 is 2.12 bits per heavy atom. The first-order valence-electron chi connectivity index (χ1n) is 8.45. The lowest BCUT2D eigenvalue weighted by Gasteiger charge is -2.37. The van der Waals surface area contributed by atoms with Crippen molar-refractivity contribution < 1.29 is 19.4 Å². The van der Waals surface area contributed by atoms with Gasteiger partial charge in [0.05, 0.1) is 10.8 Å². The zero-order chi connectivity index (χ0) is 17.6. The molecular formula is C19H19NO4S. The Hall–Kier alpha value is -2.34. The Bertz CT molecular complexity index is 844. The van der Waals surface area contributed by atoms with Crippen molar-refractivity contribution in [3.63, 3.8) is 0 Å². The third kappa shape index (κ3) is 2.70. The number of piperidine rings is 1. The molecule has 130 valence electrons. The molecule has 5 nitrogen and oxygen atoms in total. The Balaban J connectivity index is 1.64. The van der Waals surface area contributed by atoms with Gasteiger partial charge in [0.15, 0.2) is 0 Å². The van der Waals surface area contributed by atoms with E-state index in [1.165, 1.54) is 11.3 Å². The molecule has 1 saturated heterocycles. The fourth-order valence-electron chi connectivity index (χ4n) is 3.71. The van der Waals surface area contributed by atoms with E-state index in [-0.39, 0.29) is 11.9 Å². The summed E-state index contributed by atoms with van der Waals surface area (Å²) < 4.78 is 5.76. The van der Waals surface area contributed by atoms with Crippen LogP contribution in [0.3, 0.4) is 0 Å². The van der Waals surface area contributed by atoms with Crippen molar-refractivity contribution in [3.8, 4) is 16.2 Å². The van der Waals surface area contributed by atoms with Crippen LogP contribution in [0, 0.1) is 5.92 Å². The number of rotatable bonds is 2. The first-order chi connectivity index (χ1) is 12.1.